The van der Waals surface area contributed by atoms with Crippen LogP contribution in [0.1, 0.15) is 27.0 Å². The highest BCUT2D eigenvalue weighted by Gasteiger charge is 2.19. The van der Waals surface area contributed by atoms with Gasteiger partial charge in [0.2, 0.25) is 0 Å². The van der Waals surface area contributed by atoms with Crippen molar-refractivity contribution >= 4 is 45.9 Å². The van der Waals surface area contributed by atoms with Crippen molar-refractivity contribution in [3.63, 3.8) is 0 Å². The van der Waals surface area contributed by atoms with Gasteiger partial charge in [0.25, 0.3) is 0 Å². The Balaban J connectivity index is 0.000000135. The number of pyridine rings is 2. The molecule has 0 bridgehead atoms. The van der Waals surface area contributed by atoms with Crippen LogP contribution in [0.15, 0.2) is 85.2 Å². The monoisotopic (exact) mass is 436 g/mol. The molecule has 156 valence electrons. The Hall–Kier alpha value is -3.90. The van der Waals surface area contributed by atoms with Crippen molar-refractivity contribution in [2.75, 3.05) is 10.6 Å². The van der Waals surface area contributed by atoms with E-state index >= 15 is 0 Å². The average Bonchev–Trinajstić information content (AvgIpc) is 3.06. The number of nitrogens with one attached hydrogen (secondary N) is 2. The third-order valence-electron chi connectivity index (χ3n) is 5.45. The van der Waals surface area contributed by atoms with Gasteiger partial charge in [-0.1, -0.05) is 54.7 Å². The van der Waals surface area contributed by atoms with Crippen molar-refractivity contribution in [2.45, 2.75) is 12.8 Å². The highest BCUT2D eigenvalue weighted by molar-refractivity contribution is 7.80. The van der Waals surface area contributed by atoms with Crippen LogP contribution in [0.25, 0.3) is 0 Å². The number of thiocarbonyl (C=S) groups is 1. The first-order chi connectivity index (χ1) is 15.7. The molecule has 0 fully saturated rings. The lowest BCUT2D eigenvalue weighted by Gasteiger charge is -2.07. The van der Waals surface area contributed by atoms with E-state index in [4.69, 9.17) is 12.2 Å². The Morgan fingerprint density at radius 1 is 0.656 bits per heavy atom. The van der Waals surface area contributed by atoms with Gasteiger partial charge in [-0.15, -0.1) is 0 Å². The Morgan fingerprint density at radius 2 is 1.19 bits per heavy atom. The molecule has 6 rings (SSSR count). The van der Waals surface area contributed by atoms with Gasteiger partial charge in [0.05, 0.1) is 5.69 Å². The van der Waals surface area contributed by atoms with Crippen LogP contribution in [0.4, 0.5) is 23.0 Å². The number of aromatic nitrogens is 2. The Kier molecular flexibility index (Phi) is 5.44. The Bertz CT molecular complexity index is 1230. The lowest BCUT2D eigenvalue weighted by Crippen LogP contribution is -2.01. The van der Waals surface area contributed by atoms with E-state index in [1.165, 1.54) is 0 Å². The molecule has 32 heavy (non-hydrogen) atoms. The topological polar surface area (TPSA) is 66.9 Å². The standard InChI is InChI=1S/C13H10N2O.C13H10N2S/c2*16-12-8-9-4-3-7-14-13(9)15-11-6-2-1-5-10(11)12/h2*1-7H,8H2,(H,14,15). The minimum absolute atomic E-state index is 0.134. The van der Waals surface area contributed by atoms with E-state index in [1.807, 2.05) is 60.7 Å². The van der Waals surface area contributed by atoms with Gasteiger partial charge in [-0.25, -0.2) is 9.97 Å². The number of hydrogen-bond donors (Lipinski definition) is 2. The predicted octanol–water partition coefficient (Wildman–Crippen LogP) is 5.66. The van der Waals surface area contributed by atoms with Gasteiger partial charge in [0, 0.05) is 58.0 Å². The number of ketones is 1. The number of carbonyl (C=O) groups excluding carboxylic acids is 1. The van der Waals surface area contributed by atoms with Crippen molar-refractivity contribution < 1.29 is 4.79 Å². The maximum atomic E-state index is 12.0. The van der Waals surface area contributed by atoms with E-state index in [0.29, 0.717) is 6.42 Å². The van der Waals surface area contributed by atoms with E-state index in [2.05, 4.69) is 32.7 Å². The van der Waals surface area contributed by atoms with Gasteiger partial charge in [-0.2, -0.15) is 0 Å². The lowest BCUT2D eigenvalue weighted by atomic mass is 10.0. The van der Waals surface area contributed by atoms with Crippen LogP contribution in [0.3, 0.4) is 0 Å². The van der Waals surface area contributed by atoms with Crippen molar-refractivity contribution in [3.05, 3.63) is 107 Å². The third kappa shape index (κ3) is 4.00. The van der Waals surface area contributed by atoms with Crippen molar-refractivity contribution in [1.29, 1.82) is 0 Å². The molecule has 2 N–H and O–H groups in total. The maximum Gasteiger partial charge on any atom is 0.169 e. The molecule has 2 aromatic heterocycles. The van der Waals surface area contributed by atoms with Gasteiger partial charge in [0.15, 0.2) is 5.78 Å². The average molecular weight is 437 g/mol. The molecule has 0 unspecified atom stereocenters. The molecule has 0 spiro atoms. The summed E-state index contributed by atoms with van der Waals surface area (Å²) in [5.41, 5.74) is 5.83. The van der Waals surface area contributed by atoms with E-state index in [1.54, 1.807) is 12.4 Å². The van der Waals surface area contributed by atoms with Gasteiger partial charge in [-0.05, 0) is 30.3 Å². The minimum atomic E-state index is 0.134. The summed E-state index contributed by atoms with van der Waals surface area (Å²) in [6.45, 7) is 0. The van der Waals surface area contributed by atoms with E-state index in [-0.39, 0.29) is 5.78 Å². The van der Waals surface area contributed by atoms with Gasteiger partial charge in [0.1, 0.15) is 11.6 Å². The predicted molar refractivity (Wildman–Crippen MR) is 131 cm³/mol. The molecular formula is C26H20N4OS. The Morgan fingerprint density at radius 3 is 1.84 bits per heavy atom. The van der Waals surface area contributed by atoms with Crippen molar-refractivity contribution in [3.8, 4) is 0 Å². The van der Waals surface area contributed by atoms with Gasteiger partial charge in [-0.3, -0.25) is 4.79 Å². The molecular weight excluding hydrogens is 416 g/mol. The second kappa shape index (κ2) is 8.69. The SMILES string of the molecule is O=C1Cc2cccnc2Nc2ccccc21.S=C1Cc2cccnc2Nc2ccccc21. The van der Waals surface area contributed by atoms with E-state index in [0.717, 1.165) is 56.5 Å². The number of anilines is 4. The largest absolute Gasteiger partial charge is 0.339 e. The summed E-state index contributed by atoms with van der Waals surface area (Å²) in [5, 5.41) is 6.54. The highest BCUT2D eigenvalue weighted by Crippen LogP contribution is 2.29. The normalized spacial score (nSPS) is 13.4. The van der Waals surface area contributed by atoms with Crippen LogP contribution >= 0.6 is 12.2 Å². The van der Waals surface area contributed by atoms with Crippen LogP contribution < -0.4 is 10.6 Å². The number of para-hydroxylation sites is 2. The summed E-state index contributed by atoms with van der Waals surface area (Å²) in [5.74, 6) is 1.82. The summed E-state index contributed by atoms with van der Waals surface area (Å²) < 4.78 is 0. The van der Waals surface area contributed by atoms with Crippen LogP contribution in [-0.4, -0.2) is 20.6 Å². The number of Topliss-reactive ketones (excluding diaryl/α,β-unsaturated/α-hetero) is 1. The lowest BCUT2D eigenvalue weighted by molar-refractivity contribution is 0.0994. The van der Waals surface area contributed by atoms with Crippen LogP contribution in [0, 0.1) is 0 Å². The quantitative estimate of drug-likeness (QED) is 0.347. The molecule has 4 heterocycles. The van der Waals surface area contributed by atoms with Crippen molar-refractivity contribution in [1.82, 2.24) is 9.97 Å². The smallest absolute Gasteiger partial charge is 0.169 e. The molecule has 2 aliphatic rings. The second-order valence-electron chi connectivity index (χ2n) is 7.56. The number of hydrogen-bond acceptors (Lipinski definition) is 6. The van der Waals surface area contributed by atoms with Crippen molar-refractivity contribution in [2.24, 2.45) is 0 Å². The molecule has 0 saturated carbocycles. The zero-order valence-corrected chi connectivity index (χ0v) is 18.0. The zero-order valence-electron chi connectivity index (χ0n) is 17.2. The first-order valence-corrected chi connectivity index (χ1v) is 10.8. The van der Waals surface area contributed by atoms with E-state index in [9.17, 15) is 4.79 Å². The maximum absolute atomic E-state index is 12.0. The molecule has 6 heteroatoms. The number of benzene rings is 2. The highest BCUT2D eigenvalue weighted by atomic mass is 32.1. The Labute approximate surface area is 191 Å². The fourth-order valence-corrected chi connectivity index (χ4v) is 4.18. The summed E-state index contributed by atoms with van der Waals surface area (Å²) in [6.07, 6.45) is 4.71. The fraction of sp³-hybridized carbons (Fsp3) is 0.0769. The van der Waals surface area contributed by atoms with E-state index < -0.39 is 0 Å². The summed E-state index contributed by atoms with van der Waals surface area (Å²) in [4.78, 5) is 21.6. The first-order valence-electron chi connectivity index (χ1n) is 10.4. The fourth-order valence-electron chi connectivity index (χ4n) is 3.85. The first kappa shape index (κ1) is 20.0. The molecule has 0 saturated heterocycles. The summed E-state index contributed by atoms with van der Waals surface area (Å²) in [7, 11) is 0. The number of carbonyl (C=O) groups is 1. The van der Waals surface area contributed by atoms with Gasteiger partial charge < -0.3 is 10.6 Å². The zero-order chi connectivity index (χ0) is 21.9. The summed E-state index contributed by atoms with van der Waals surface area (Å²) in [6, 6.07) is 23.4. The second-order valence-corrected chi connectivity index (χ2v) is 8.06. The molecule has 4 aromatic rings. The molecule has 0 aliphatic carbocycles. The third-order valence-corrected chi connectivity index (χ3v) is 5.81. The molecule has 0 atom stereocenters. The molecule has 5 nitrogen and oxygen atoms in total. The number of fused-ring (bicyclic) bond motifs is 4. The molecule has 0 radical (unpaired) electrons. The van der Waals surface area contributed by atoms with Gasteiger partial charge >= 0.3 is 0 Å². The minimum Gasteiger partial charge on any atom is -0.339 e. The number of nitrogens with zero attached hydrogens (tertiary/aromatic N) is 2. The van der Waals surface area contributed by atoms with Crippen LogP contribution in [-0.2, 0) is 12.8 Å². The number of rotatable bonds is 0. The van der Waals surface area contributed by atoms with Crippen LogP contribution in [0.2, 0.25) is 0 Å². The molecule has 0 amide bonds. The van der Waals surface area contributed by atoms with Crippen LogP contribution in [0.5, 0.6) is 0 Å². The molecule has 2 aliphatic heterocycles. The molecule has 2 aromatic carbocycles. The summed E-state index contributed by atoms with van der Waals surface area (Å²) >= 11 is 5.46.